The van der Waals surface area contributed by atoms with E-state index in [1.807, 2.05) is 18.2 Å². The minimum atomic E-state index is -4.51. The number of carbonyl (C=O) groups is 1. The summed E-state index contributed by atoms with van der Waals surface area (Å²) >= 11 is 0. The molecule has 3 aromatic carbocycles. The highest BCUT2D eigenvalue weighted by Crippen LogP contribution is 2.39. The van der Waals surface area contributed by atoms with Crippen molar-refractivity contribution in [2.24, 2.45) is 7.05 Å². The van der Waals surface area contributed by atoms with Gasteiger partial charge in [-0.25, -0.2) is 4.98 Å². The number of aromatic nitrogens is 2. The van der Waals surface area contributed by atoms with Gasteiger partial charge in [-0.2, -0.15) is 13.2 Å². The van der Waals surface area contributed by atoms with Crippen LogP contribution < -0.4 is 5.32 Å². The average Bonchev–Trinajstić information content (AvgIpc) is 3.12. The summed E-state index contributed by atoms with van der Waals surface area (Å²) in [6, 6.07) is 18.4. The van der Waals surface area contributed by atoms with Gasteiger partial charge in [-0.05, 0) is 34.9 Å². The van der Waals surface area contributed by atoms with Gasteiger partial charge in [0, 0.05) is 25.7 Å². The zero-order valence-corrected chi connectivity index (χ0v) is 17.9. The highest BCUT2D eigenvalue weighted by molar-refractivity contribution is 5.82. The fourth-order valence-corrected chi connectivity index (χ4v) is 3.82. The van der Waals surface area contributed by atoms with Crippen molar-refractivity contribution >= 4 is 17.0 Å². The summed E-state index contributed by atoms with van der Waals surface area (Å²) in [5, 5.41) is 11.8. The predicted octanol–water partition coefficient (Wildman–Crippen LogP) is 5.49. The van der Waals surface area contributed by atoms with Crippen LogP contribution in [0.1, 0.15) is 17.5 Å². The van der Waals surface area contributed by atoms with E-state index >= 15 is 0 Å². The number of nitrogens with zero attached hydrogens (tertiary/aromatic N) is 2. The maximum atomic E-state index is 13.9. The van der Waals surface area contributed by atoms with E-state index in [1.54, 1.807) is 48.0 Å². The molecule has 0 spiro atoms. The molecule has 4 aromatic rings. The molecular formula is C25H22F3N3O2. The van der Waals surface area contributed by atoms with Crippen LogP contribution in [0.3, 0.4) is 0 Å². The largest absolute Gasteiger partial charge is 0.481 e. The molecule has 0 unspecified atom stereocenters. The zero-order valence-electron chi connectivity index (χ0n) is 17.9. The van der Waals surface area contributed by atoms with E-state index in [2.05, 4.69) is 10.3 Å². The summed E-state index contributed by atoms with van der Waals surface area (Å²) in [4.78, 5) is 15.2. The Morgan fingerprint density at radius 2 is 1.79 bits per heavy atom. The van der Waals surface area contributed by atoms with Gasteiger partial charge in [0.1, 0.15) is 5.82 Å². The van der Waals surface area contributed by atoms with Crippen LogP contribution in [0, 0.1) is 0 Å². The topological polar surface area (TPSA) is 67.2 Å². The summed E-state index contributed by atoms with van der Waals surface area (Å²) in [6.45, 7) is 0.825. The molecule has 0 radical (unpaired) electrons. The molecule has 0 fully saturated rings. The number of carboxylic acid groups (broad SMARTS) is 1. The van der Waals surface area contributed by atoms with E-state index in [-0.39, 0.29) is 12.0 Å². The van der Waals surface area contributed by atoms with Gasteiger partial charge >= 0.3 is 12.1 Å². The number of fused-ring (bicyclic) bond motifs is 1. The van der Waals surface area contributed by atoms with E-state index < -0.39 is 17.7 Å². The quantitative estimate of drug-likeness (QED) is 0.363. The van der Waals surface area contributed by atoms with Crippen LogP contribution >= 0.6 is 0 Å². The molecule has 0 amide bonds. The number of benzene rings is 3. The lowest BCUT2D eigenvalue weighted by Gasteiger charge is -2.15. The van der Waals surface area contributed by atoms with Crippen molar-refractivity contribution in [1.29, 1.82) is 0 Å². The fraction of sp³-hybridized carbons (Fsp3) is 0.200. The number of alkyl halides is 3. The number of hydrogen-bond donors (Lipinski definition) is 2. The van der Waals surface area contributed by atoms with Crippen molar-refractivity contribution in [3.8, 4) is 22.5 Å². The summed E-state index contributed by atoms with van der Waals surface area (Å²) < 4.78 is 43.5. The van der Waals surface area contributed by atoms with Crippen molar-refractivity contribution in [2.45, 2.75) is 19.1 Å². The number of hydrogen-bond acceptors (Lipinski definition) is 3. The molecule has 1 heterocycles. The number of imidazole rings is 1. The Labute approximate surface area is 188 Å². The van der Waals surface area contributed by atoms with Crippen LogP contribution in [-0.4, -0.2) is 27.2 Å². The van der Waals surface area contributed by atoms with Crippen molar-refractivity contribution < 1.29 is 23.1 Å². The van der Waals surface area contributed by atoms with E-state index in [1.165, 1.54) is 6.07 Å². The summed E-state index contributed by atoms with van der Waals surface area (Å²) in [7, 11) is 1.77. The molecule has 4 rings (SSSR count). The van der Waals surface area contributed by atoms with Crippen molar-refractivity contribution in [1.82, 2.24) is 14.9 Å². The van der Waals surface area contributed by atoms with Crippen LogP contribution in [0.25, 0.3) is 33.5 Å². The van der Waals surface area contributed by atoms with Crippen LogP contribution in [0.2, 0.25) is 0 Å². The van der Waals surface area contributed by atoms with E-state index in [0.29, 0.717) is 35.6 Å². The van der Waals surface area contributed by atoms with Gasteiger partial charge in [0.25, 0.3) is 0 Å². The summed E-state index contributed by atoms with van der Waals surface area (Å²) in [5.74, 6) is -0.433. The molecule has 0 saturated heterocycles. The van der Waals surface area contributed by atoms with Crippen molar-refractivity contribution in [3.05, 3.63) is 77.9 Å². The summed E-state index contributed by atoms with van der Waals surface area (Å²) in [5.41, 5.74) is 2.67. The van der Waals surface area contributed by atoms with Crippen molar-refractivity contribution in [2.75, 3.05) is 6.54 Å². The maximum Gasteiger partial charge on any atom is 0.417 e. The Bertz CT molecular complexity index is 1300. The minimum absolute atomic E-state index is 0.0264. The molecule has 2 N–H and O–H groups in total. The SMILES string of the molecule is Cn1c(-c2ccc(-c3ccccc3)c(C(F)(F)F)c2)nc2ccc(CNCCC(=O)O)cc21. The second-order valence-electron chi connectivity index (χ2n) is 7.76. The predicted molar refractivity (Wildman–Crippen MR) is 121 cm³/mol. The third kappa shape index (κ3) is 4.90. The number of rotatable bonds is 7. The Balaban J connectivity index is 1.70. The number of carboxylic acids is 1. The second kappa shape index (κ2) is 9.07. The Kier molecular flexibility index (Phi) is 6.20. The van der Waals surface area contributed by atoms with Gasteiger partial charge in [0.15, 0.2) is 0 Å². The lowest BCUT2D eigenvalue weighted by Crippen LogP contribution is -2.17. The van der Waals surface area contributed by atoms with Crippen LogP contribution in [0.4, 0.5) is 13.2 Å². The molecular weight excluding hydrogens is 431 g/mol. The van der Waals surface area contributed by atoms with E-state index in [4.69, 9.17) is 5.11 Å². The first-order valence-corrected chi connectivity index (χ1v) is 10.4. The summed E-state index contributed by atoms with van der Waals surface area (Å²) in [6.07, 6.45) is -4.49. The third-order valence-electron chi connectivity index (χ3n) is 5.46. The van der Waals surface area contributed by atoms with Gasteiger partial charge in [-0.3, -0.25) is 4.79 Å². The highest BCUT2D eigenvalue weighted by Gasteiger charge is 2.34. The van der Waals surface area contributed by atoms with Gasteiger partial charge in [0.05, 0.1) is 23.0 Å². The highest BCUT2D eigenvalue weighted by atomic mass is 19.4. The number of aryl methyl sites for hydroxylation is 1. The Hall–Kier alpha value is -3.65. The second-order valence-corrected chi connectivity index (χ2v) is 7.76. The normalized spacial score (nSPS) is 11.8. The molecule has 1 aromatic heterocycles. The minimum Gasteiger partial charge on any atom is -0.481 e. The maximum absolute atomic E-state index is 13.9. The van der Waals surface area contributed by atoms with E-state index in [0.717, 1.165) is 17.1 Å². The smallest absolute Gasteiger partial charge is 0.417 e. The molecule has 5 nitrogen and oxygen atoms in total. The van der Waals surface area contributed by atoms with Gasteiger partial charge in [0.2, 0.25) is 0 Å². The number of aliphatic carboxylic acids is 1. The Morgan fingerprint density at radius 3 is 2.48 bits per heavy atom. The monoisotopic (exact) mass is 453 g/mol. The number of nitrogens with one attached hydrogen (secondary N) is 1. The van der Waals surface area contributed by atoms with Crippen LogP contribution in [-0.2, 0) is 24.6 Å². The zero-order chi connectivity index (χ0) is 23.6. The van der Waals surface area contributed by atoms with Gasteiger partial charge in [-0.1, -0.05) is 48.5 Å². The molecule has 0 aliphatic rings. The van der Waals surface area contributed by atoms with Gasteiger partial charge in [-0.15, -0.1) is 0 Å². The van der Waals surface area contributed by atoms with E-state index in [9.17, 15) is 18.0 Å². The Morgan fingerprint density at radius 1 is 1.03 bits per heavy atom. The third-order valence-corrected chi connectivity index (χ3v) is 5.46. The number of halogens is 3. The molecule has 33 heavy (non-hydrogen) atoms. The molecule has 0 bridgehead atoms. The molecule has 0 aliphatic carbocycles. The lowest BCUT2D eigenvalue weighted by molar-refractivity contribution is -0.137. The molecule has 170 valence electrons. The fourth-order valence-electron chi connectivity index (χ4n) is 3.82. The van der Waals surface area contributed by atoms with Crippen molar-refractivity contribution in [3.63, 3.8) is 0 Å². The average molecular weight is 453 g/mol. The van der Waals surface area contributed by atoms with Gasteiger partial charge < -0.3 is 15.0 Å². The molecule has 0 aliphatic heterocycles. The first-order chi connectivity index (χ1) is 15.7. The molecule has 8 heteroatoms. The first kappa shape index (κ1) is 22.5. The lowest BCUT2D eigenvalue weighted by atomic mass is 9.97. The van der Waals surface area contributed by atoms with Crippen LogP contribution in [0.15, 0.2) is 66.7 Å². The standard InChI is InChI=1S/C25H22F3N3O2/c1-31-22-13-16(15-29-12-11-23(32)33)7-10-21(22)30-24(31)18-8-9-19(17-5-3-2-4-6-17)20(14-18)25(26,27)28/h2-10,13-14,29H,11-12,15H2,1H3,(H,32,33). The first-order valence-electron chi connectivity index (χ1n) is 10.4. The molecule has 0 atom stereocenters. The molecule has 0 saturated carbocycles. The van der Waals surface area contributed by atoms with Crippen LogP contribution in [0.5, 0.6) is 0 Å².